The van der Waals surface area contributed by atoms with Gasteiger partial charge in [-0.05, 0) is 43.0 Å². The van der Waals surface area contributed by atoms with Gasteiger partial charge in [-0.1, -0.05) is 30.3 Å². The Bertz CT molecular complexity index is 860. The molecule has 0 saturated carbocycles. The fraction of sp³-hybridized carbons (Fsp3) is 0.111. The Morgan fingerprint density at radius 2 is 2.04 bits per heavy atom. The van der Waals surface area contributed by atoms with E-state index >= 15 is 0 Å². The van der Waals surface area contributed by atoms with E-state index in [-0.39, 0.29) is 0 Å². The smallest absolute Gasteiger partial charge is 0.156 e. The van der Waals surface area contributed by atoms with Gasteiger partial charge in [-0.25, -0.2) is 4.98 Å². The molecular formula is C18H14N2OS2. The van der Waals surface area contributed by atoms with Crippen LogP contribution < -0.4 is 4.74 Å². The summed E-state index contributed by atoms with van der Waals surface area (Å²) in [7, 11) is 0. The number of nitrogens with zero attached hydrogens (tertiary/aromatic N) is 2. The van der Waals surface area contributed by atoms with Gasteiger partial charge in [0, 0.05) is 5.56 Å². The van der Waals surface area contributed by atoms with E-state index < -0.39 is 0 Å². The van der Waals surface area contributed by atoms with E-state index in [1.807, 2.05) is 61.5 Å². The standard InChI is InChI=1S/C18H14N2OS2/c1-2-21-16-9-5-3-7-13(16)11-14(12-19)22-18-20-15-8-4-6-10-17(15)23-18/h3-11H,2H2,1H3/b14-11-. The molecule has 0 amide bonds. The predicted octanol–water partition coefficient (Wildman–Crippen LogP) is 5.35. The van der Waals surface area contributed by atoms with Crippen LogP contribution in [-0.4, -0.2) is 11.6 Å². The number of aromatic nitrogens is 1. The summed E-state index contributed by atoms with van der Waals surface area (Å²) < 4.78 is 7.60. The fourth-order valence-corrected chi connectivity index (χ4v) is 4.07. The highest BCUT2D eigenvalue weighted by Gasteiger charge is 2.08. The lowest BCUT2D eigenvalue weighted by Gasteiger charge is -2.06. The number of rotatable bonds is 5. The summed E-state index contributed by atoms with van der Waals surface area (Å²) in [6.45, 7) is 2.54. The maximum atomic E-state index is 9.44. The molecule has 3 aromatic rings. The van der Waals surface area contributed by atoms with Crippen molar-refractivity contribution < 1.29 is 4.74 Å². The lowest BCUT2D eigenvalue weighted by molar-refractivity contribution is 0.339. The zero-order valence-corrected chi connectivity index (χ0v) is 14.2. The molecule has 0 unspecified atom stereocenters. The number of thioether (sulfide) groups is 1. The van der Waals surface area contributed by atoms with Crippen LogP contribution in [0.2, 0.25) is 0 Å². The van der Waals surface area contributed by atoms with Crippen molar-refractivity contribution in [1.29, 1.82) is 5.26 Å². The molecule has 0 atom stereocenters. The van der Waals surface area contributed by atoms with Crippen LogP contribution in [-0.2, 0) is 0 Å². The molecular weight excluding hydrogens is 324 g/mol. The molecule has 0 radical (unpaired) electrons. The zero-order chi connectivity index (χ0) is 16.1. The molecule has 1 aromatic heterocycles. The van der Waals surface area contributed by atoms with Gasteiger partial charge >= 0.3 is 0 Å². The van der Waals surface area contributed by atoms with E-state index in [9.17, 15) is 5.26 Å². The Hall–Kier alpha value is -2.29. The van der Waals surface area contributed by atoms with E-state index in [0.29, 0.717) is 11.5 Å². The number of benzene rings is 2. The van der Waals surface area contributed by atoms with Crippen molar-refractivity contribution in [3.8, 4) is 11.8 Å². The number of allylic oxidation sites excluding steroid dienone is 1. The van der Waals surface area contributed by atoms with Crippen molar-refractivity contribution in [1.82, 2.24) is 4.98 Å². The Balaban J connectivity index is 1.89. The lowest BCUT2D eigenvalue weighted by atomic mass is 10.2. The average Bonchev–Trinajstić information content (AvgIpc) is 2.98. The van der Waals surface area contributed by atoms with Crippen LogP contribution in [0.5, 0.6) is 5.75 Å². The quantitative estimate of drug-likeness (QED) is 0.464. The minimum atomic E-state index is 0.594. The van der Waals surface area contributed by atoms with Gasteiger partial charge in [0.2, 0.25) is 0 Å². The maximum Gasteiger partial charge on any atom is 0.156 e. The molecule has 1 heterocycles. The van der Waals surface area contributed by atoms with E-state index in [2.05, 4.69) is 11.1 Å². The van der Waals surface area contributed by atoms with Gasteiger partial charge in [-0.2, -0.15) is 5.26 Å². The second kappa shape index (κ2) is 7.32. The van der Waals surface area contributed by atoms with Crippen LogP contribution >= 0.6 is 23.1 Å². The monoisotopic (exact) mass is 338 g/mol. The molecule has 0 bridgehead atoms. The van der Waals surface area contributed by atoms with E-state index in [1.54, 1.807) is 11.3 Å². The minimum absolute atomic E-state index is 0.594. The molecule has 3 rings (SSSR count). The van der Waals surface area contributed by atoms with E-state index in [4.69, 9.17) is 4.74 Å². The van der Waals surface area contributed by atoms with Crippen LogP contribution in [0.3, 0.4) is 0 Å². The Labute approximate surface area is 143 Å². The molecule has 0 saturated heterocycles. The second-order valence-corrected chi connectivity index (χ2v) is 6.96. The van der Waals surface area contributed by atoms with E-state index in [0.717, 1.165) is 25.9 Å². The van der Waals surface area contributed by atoms with Gasteiger partial charge < -0.3 is 4.74 Å². The Kier molecular flexibility index (Phi) is 4.96. The molecule has 2 aromatic carbocycles. The third-order valence-corrected chi connectivity index (χ3v) is 5.11. The first-order valence-electron chi connectivity index (χ1n) is 7.17. The Morgan fingerprint density at radius 3 is 2.83 bits per heavy atom. The number of hydrogen-bond donors (Lipinski definition) is 0. The number of hydrogen-bond acceptors (Lipinski definition) is 5. The molecule has 0 aliphatic carbocycles. The molecule has 0 fully saturated rings. The van der Waals surface area contributed by atoms with Gasteiger partial charge in [0.25, 0.3) is 0 Å². The number of thiazole rings is 1. The molecule has 0 N–H and O–H groups in total. The summed E-state index contributed by atoms with van der Waals surface area (Å²) in [6, 6.07) is 17.9. The van der Waals surface area contributed by atoms with Crippen LogP contribution in [0.15, 0.2) is 57.8 Å². The average molecular weight is 338 g/mol. The molecule has 114 valence electrons. The van der Waals surface area contributed by atoms with Crippen LogP contribution in [0, 0.1) is 11.3 Å². The van der Waals surface area contributed by atoms with Crippen LogP contribution in [0.4, 0.5) is 0 Å². The third kappa shape index (κ3) is 3.73. The molecule has 0 aliphatic heterocycles. The summed E-state index contributed by atoms with van der Waals surface area (Å²) in [4.78, 5) is 5.15. The van der Waals surface area contributed by atoms with Crippen molar-refractivity contribution in [3.05, 3.63) is 59.0 Å². The van der Waals surface area contributed by atoms with Crippen LogP contribution in [0.1, 0.15) is 12.5 Å². The number of ether oxygens (including phenoxy) is 1. The first-order chi connectivity index (χ1) is 11.3. The topological polar surface area (TPSA) is 45.9 Å². The van der Waals surface area contributed by atoms with Gasteiger partial charge in [0.05, 0.1) is 21.7 Å². The molecule has 0 aliphatic rings. The van der Waals surface area contributed by atoms with Crippen molar-refractivity contribution in [3.63, 3.8) is 0 Å². The molecule has 3 nitrogen and oxygen atoms in total. The first kappa shape index (κ1) is 15.6. The predicted molar refractivity (Wildman–Crippen MR) is 96.7 cm³/mol. The Morgan fingerprint density at radius 1 is 1.26 bits per heavy atom. The van der Waals surface area contributed by atoms with Gasteiger partial charge in [-0.3, -0.25) is 0 Å². The number of para-hydroxylation sites is 2. The number of nitriles is 1. The highest BCUT2D eigenvalue weighted by molar-refractivity contribution is 8.05. The lowest BCUT2D eigenvalue weighted by Crippen LogP contribution is -1.93. The summed E-state index contributed by atoms with van der Waals surface area (Å²) >= 11 is 2.98. The first-order valence-corrected chi connectivity index (χ1v) is 8.80. The molecule has 23 heavy (non-hydrogen) atoms. The van der Waals surface area contributed by atoms with Crippen molar-refractivity contribution >= 4 is 39.4 Å². The SMILES string of the molecule is CCOc1ccccc1/C=C(/C#N)Sc1nc2ccccc2s1. The third-order valence-electron chi connectivity index (χ3n) is 3.09. The number of fused-ring (bicyclic) bond motifs is 1. The van der Waals surface area contributed by atoms with Crippen molar-refractivity contribution in [2.45, 2.75) is 11.3 Å². The largest absolute Gasteiger partial charge is 0.493 e. The fourth-order valence-electron chi connectivity index (χ4n) is 2.10. The molecule has 5 heteroatoms. The summed E-state index contributed by atoms with van der Waals surface area (Å²) in [5.74, 6) is 0.785. The minimum Gasteiger partial charge on any atom is -0.493 e. The van der Waals surface area contributed by atoms with E-state index in [1.165, 1.54) is 11.8 Å². The summed E-state index contributed by atoms with van der Waals surface area (Å²) in [5, 5.41) is 9.44. The van der Waals surface area contributed by atoms with Crippen LogP contribution in [0.25, 0.3) is 16.3 Å². The van der Waals surface area contributed by atoms with Gasteiger partial charge in [0.1, 0.15) is 11.8 Å². The van der Waals surface area contributed by atoms with Gasteiger partial charge in [-0.15, -0.1) is 11.3 Å². The highest BCUT2D eigenvalue weighted by atomic mass is 32.2. The highest BCUT2D eigenvalue weighted by Crippen LogP contribution is 2.35. The summed E-state index contributed by atoms with van der Waals surface area (Å²) in [5.41, 5.74) is 1.87. The maximum absolute atomic E-state index is 9.44. The summed E-state index contributed by atoms with van der Waals surface area (Å²) in [6.07, 6.45) is 1.85. The molecule has 0 spiro atoms. The van der Waals surface area contributed by atoms with Crippen molar-refractivity contribution in [2.75, 3.05) is 6.61 Å². The second-order valence-electron chi connectivity index (χ2n) is 4.64. The zero-order valence-electron chi connectivity index (χ0n) is 12.5. The normalized spacial score (nSPS) is 11.4. The van der Waals surface area contributed by atoms with Gasteiger partial charge in [0.15, 0.2) is 4.34 Å². The van der Waals surface area contributed by atoms with Crippen molar-refractivity contribution in [2.24, 2.45) is 0 Å².